The highest BCUT2D eigenvalue weighted by Gasteiger charge is 2.40. The highest BCUT2D eigenvalue weighted by Crippen LogP contribution is 2.33. The first-order chi connectivity index (χ1) is 9.07. The van der Waals surface area contributed by atoms with Crippen molar-refractivity contribution in [2.24, 2.45) is 0 Å². The minimum absolute atomic E-state index is 0.123. The number of fused-ring (bicyclic) bond motifs is 1. The van der Waals surface area contributed by atoms with Crippen LogP contribution in [-0.4, -0.2) is 31.4 Å². The van der Waals surface area contributed by atoms with Gasteiger partial charge in [0.05, 0.1) is 11.3 Å². The molecule has 0 fully saturated rings. The van der Waals surface area contributed by atoms with Crippen molar-refractivity contribution in [2.45, 2.75) is 13.3 Å². The van der Waals surface area contributed by atoms with Crippen LogP contribution in [0.4, 0.5) is 14.5 Å². The van der Waals surface area contributed by atoms with Gasteiger partial charge in [-0.15, -0.1) is 0 Å². The van der Waals surface area contributed by atoms with Crippen LogP contribution >= 0.6 is 0 Å². The van der Waals surface area contributed by atoms with E-state index in [9.17, 15) is 18.4 Å². The van der Waals surface area contributed by atoms with Gasteiger partial charge in [-0.1, -0.05) is 0 Å². The van der Waals surface area contributed by atoms with Gasteiger partial charge in [-0.2, -0.15) is 0 Å². The summed E-state index contributed by atoms with van der Waals surface area (Å²) in [5, 5.41) is 0. The molecule has 0 saturated heterocycles. The van der Waals surface area contributed by atoms with E-state index >= 15 is 0 Å². The Bertz CT molecular complexity index is 531. The van der Waals surface area contributed by atoms with Crippen molar-refractivity contribution in [2.75, 3.05) is 24.7 Å². The maximum absolute atomic E-state index is 13.7. The molecule has 102 valence electrons. The van der Waals surface area contributed by atoms with Crippen LogP contribution in [0, 0.1) is 11.6 Å². The van der Waals surface area contributed by atoms with E-state index in [1.807, 2.05) is 6.92 Å². The Kier molecular flexibility index (Phi) is 3.90. The van der Waals surface area contributed by atoms with Gasteiger partial charge in [0.2, 0.25) is 0 Å². The lowest BCUT2D eigenvalue weighted by Crippen LogP contribution is -2.31. The summed E-state index contributed by atoms with van der Waals surface area (Å²) < 4.78 is 32.3. The minimum Gasteiger partial charge on any atom is -0.382 e. The van der Waals surface area contributed by atoms with Gasteiger partial charge in [0.15, 0.2) is 0 Å². The van der Waals surface area contributed by atoms with Gasteiger partial charge >= 0.3 is 0 Å². The van der Waals surface area contributed by atoms with Gasteiger partial charge < -0.3 is 9.64 Å². The van der Waals surface area contributed by atoms with E-state index in [4.69, 9.17) is 4.74 Å². The number of benzene rings is 1. The molecule has 0 radical (unpaired) electrons. The summed E-state index contributed by atoms with van der Waals surface area (Å²) in [5.41, 5.74) is -0.729. The minimum atomic E-state index is -0.997. The van der Waals surface area contributed by atoms with Gasteiger partial charge in [0, 0.05) is 19.8 Å². The van der Waals surface area contributed by atoms with E-state index in [0.717, 1.165) is 17.0 Å². The smallest absolute Gasteiger partial charge is 0.299 e. The summed E-state index contributed by atoms with van der Waals surface area (Å²) in [6.45, 7) is 2.88. The number of rotatable bonds is 5. The number of Topliss-reactive ketones (excluding diaryl/α,β-unsaturated/α-hetero) is 1. The van der Waals surface area contributed by atoms with Crippen LogP contribution in [0.15, 0.2) is 12.1 Å². The summed E-state index contributed by atoms with van der Waals surface area (Å²) in [7, 11) is 0. The molecule has 0 spiro atoms. The van der Waals surface area contributed by atoms with Crippen LogP contribution in [0.2, 0.25) is 0 Å². The normalized spacial score (nSPS) is 14.2. The first-order valence-electron chi connectivity index (χ1n) is 5.99. The average Bonchev–Trinajstić information content (AvgIpc) is 2.65. The number of ether oxygens (including phenoxy) is 1. The summed E-state index contributed by atoms with van der Waals surface area (Å²) in [6, 6.07) is 1.76. The Hall–Kier alpha value is -1.82. The fourth-order valence-corrected chi connectivity index (χ4v) is 2.03. The van der Waals surface area contributed by atoms with Gasteiger partial charge in [-0.3, -0.25) is 9.59 Å². The molecule has 0 N–H and O–H groups in total. The Morgan fingerprint density at radius 1 is 1.21 bits per heavy atom. The molecule has 1 aliphatic rings. The van der Waals surface area contributed by atoms with Crippen LogP contribution in [0.1, 0.15) is 23.7 Å². The number of carbonyl (C=O) groups is 2. The zero-order valence-corrected chi connectivity index (χ0v) is 10.4. The summed E-state index contributed by atoms with van der Waals surface area (Å²) >= 11 is 0. The van der Waals surface area contributed by atoms with Gasteiger partial charge in [-0.05, 0) is 25.5 Å². The predicted octanol–water partition coefficient (Wildman–Crippen LogP) is 1.92. The molecule has 1 aromatic carbocycles. The molecule has 6 heteroatoms. The third-order valence-corrected chi connectivity index (χ3v) is 2.89. The number of amides is 1. The zero-order valence-electron chi connectivity index (χ0n) is 10.4. The molecule has 0 aromatic heterocycles. The second-order valence-electron chi connectivity index (χ2n) is 4.09. The quantitative estimate of drug-likeness (QED) is 0.606. The Morgan fingerprint density at radius 3 is 2.58 bits per heavy atom. The molecule has 2 rings (SSSR count). The maximum Gasteiger partial charge on any atom is 0.299 e. The van der Waals surface area contributed by atoms with E-state index in [2.05, 4.69) is 0 Å². The molecule has 19 heavy (non-hydrogen) atoms. The molecular weight excluding hydrogens is 256 g/mol. The second-order valence-corrected chi connectivity index (χ2v) is 4.09. The standard InChI is InChI=1S/C13H13F2NO3/c1-2-19-7-3-6-16-11-9(15)5-4-8(14)10(11)12(17)13(16)18/h4-5H,2-3,6-7H2,1H3. The van der Waals surface area contributed by atoms with Crippen LogP contribution < -0.4 is 4.90 Å². The molecule has 1 heterocycles. The number of anilines is 1. The van der Waals surface area contributed by atoms with Gasteiger partial charge in [0.1, 0.15) is 11.6 Å². The Labute approximate surface area is 109 Å². The first-order valence-corrected chi connectivity index (χ1v) is 5.99. The molecule has 0 atom stereocenters. The number of hydrogen-bond donors (Lipinski definition) is 0. The second kappa shape index (κ2) is 5.44. The molecular formula is C13H13F2NO3. The maximum atomic E-state index is 13.7. The molecule has 1 aromatic rings. The summed E-state index contributed by atoms with van der Waals surface area (Å²) in [5.74, 6) is -3.53. The number of carbonyl (C=O) groups excluding carboxylic acids is 2. The highest BCUT2D eigenvalue weighted by atomic mass is 19.1. The number of nitrogens with zero attached hydrogens (tertiary/aromatic N) is 1. The highest BCUT2D eigenvalue weighted by molar-refractivity contribution is 6.52. The fourth-order valence-electron chi connectivity index (χ4n) is 2.03. The number of halogens is 2. The molecule has 0 unspecified atom stereocenters. The topological polar surface area (TPSA) is 46.6 Å². The number of ketones is 1. The van der Waals surface area contributed by atoms with Crippen molar-refractivity contribution < 1.29 is 23.1 Å². The van der Waals surface area contributed by atoms with Crippen molar-refractivity contribution >= 4 is 17.4 Å². The first kappa shape index (κ1) is 13.6. The molecule has 4 nitrogen and oxygen atoms in total. The lowest BCUT2D eigenvalue weighted by Gasteiger charge is -2.16. The van der Waals surface area contributed by atoms with Crippen molar-refractivity contribution in [1.29, 1.82) is 0 Å². The van der Waals surface area contributed by atoms with Crippen molar-refractivity contribution in [3.05, 3.63) is 29.3 Å². The molecule has 1 aliphatic heterocycles. The monoisotopic (exact) mass is 269 g/mol. The van der Waals surface area contributed by atoms with Crippen LogP contribution in [0.25, 0.3) is 0 Å². The molecule has 0 bridgehead atoms. The average molecular weight is 269 g/mol. The molecule has 0 saturated carbocycles. The molecule has 0 aliphatic carbocycles. The predicted molar refractivity (Wildman–Crippen MR) is 64.2 cm³/mol. The number of hydrogen-bond acceptors (Lipinski definition) is 3. The summed E-state index contributed by atoms with van der Waals surface area (Å²) in [6.07, 6.45) is 0.447. The van der Waals surface area contributed by atoms with Crippen molar-refractivity contribution in [1.82, 2.24) is 0 Å². The third-order valence-electron chi connectivity index (χ3n) is 2.89. The van der Waals surface area contributed by atoms with E-state index in [1.54, 1.807) is 0 Å². The van der Waals surface area contributed by atoms with E-state index in [1.165, 1.54) is 0 Å². The lowest BCUT2D eigenvalue weighted by atomic mass is 10.1. The van der Waals surface area contributed by atoms with Gasteiger partial charge in [-0.25, -0.2) is 8.78 Å². The van der Waals surface area contributed by atoms with Gasteiger partial charge in [0.25, 0.3) is 11.7 Å². The van der Waals surface area contributed by atoms with Crippen molar-refractivity contribution in [3.63, 3.8) is 0 Å². The zero-order chi connectivity index (χ0) is 14.0. The summed E-state index contributed by atoms with van der Waals surface area (Å²) in [4.78, 5) is 24.4. The molecule has 1 amide bonds. The van der Waals surface area contributed by atoms with E-state index < -0.39 is 28.9 Å². The van der Waals surface area contributed by atoms with E-state index in [0.29, 0.717) is 19.6 Å². The fraction of sp³-hybridized carbons (Fsp3) is 0.385. The SMILES string of the molecule is CCOCCCN1C(=O)C(=O)c2c(F)ccc(F)c21. The van der Waals surface area contributed by atoms with Crippen LogP contribution in [-0.2, 0) is 9.53 Å². The largest absolute Gasteiger partial charge is 0.382 e. The van der Waals surface area contributed by atoms with Crippen LogP contribution in [0.5, 0.6) is 0 Å². The Morgan fingerprint density at radius 2 is 1.89 bits per heavy atom. The third kappa shape index (κ3) is 2.35. The van der Waals surface area contributed by atoms with Crippen LogP contribution in [0.3, 0.4) is 0 Å². The lowest BCUT2D eigenvalue weighted by molar-refractivity contribution is -0.114. The van der Waals surface area contributed by atoms with Crippen molar-refractivity contribution in [3.8, 4) is 0 Å². The Balaban J connectivity index is 2.26. The van der Waals surface area contributed by atoms with E-state index in [-0.39, 0.29) is 12.2 Å².